The molecule has 1 aromatic carbocycles. The monoisotopic (exact) mass is 394 g/mol. The predicted molar refractivity (Wildman–Crippen MR) is 102 cm³/mol. The minimum Gasteiger partial charge on any atom is -0.347 e. The van der Waals surface area contributed by atoms with E-state index in [1.165, 1.54) is 11.2 Å². The number of amides is 1. The molecule has 0 fully saturated rings. The number of hydrogen-bond donors (Lipinski definition) is 1. The van der Waals surface area contributed by atoms with E-state index in [9.17, 15) is 18.0 Å². The van der Waals surface area contributed by atoms with Crippen LogP contribution in [0.1, 0.15) is 45.7 Å². The Kier molecular flexibility index (Phi) is 6.69. The van der Waals surface area contributed by atoms with Gasteiger partial charge >= 0.3 is 0 Å². The summed E-state index contributed by atoms with van der Waals surface area (Å²) in [6.45, 7) is 6.17. The first-order valence-corrected chi connectivity index (χ1v) is 10.5. The Morgan fingerprint density at radius 3 is 2.08 bits per heavy atom. The number of hydrogen-bond acceptors (Lipinski definition) is 5. The number of Topliss-reactive ketones (excluding diaryl/α,β-unsaturated/α-hetero) is 1. The van der Waals surface area contributed by atoms with Crippen molar-refractivity contribution in [2.75, 3.05) is 13.1 Å². The van der Waals surface area contributed by atoms with E-state index in [0.717, 1.165) is 16.9 Å². The highest BCUT2D eigenvalue weighted by atomic mass is 32.2. The fraction of sp³-hybridized carbons (Fsp3) is 0.333. The Hall–Kier alpha value is -2.03. The molecule has 140 valence electrons. The molecule has 0 saturated heterocycles. The first kappa shape index (κ1) is 20.3. The summed E-state index contributed by atoms with van der Waals surface area (Å²) in [4.78, 5) is 24.7. The molecule has 0 spiro atoms. The van der Waals surface area contributed by atoms with Gasteiger partial charge in [0.15, 0.2) is 5.78 Å². The zero-order chi connectivity index (χ0) is 19.3. The first-order chi connectivity index (χ1) is 12.3. The molecule has 0 radical (unpaired) electrons. The molecule has 1 aromatic heterocycles. The van der Waals surface area contributed by atoms with Gasteiger partial charge in [0.25, 0.3) is 5.91 Å². The van der Waals surface area contributed by atoms with E-state index in [0.29, 0.717) is 22.8 Å². The largest absolute Gasteiger partial charge is 0.347 e. The van der Waals surface area contributed by atoms with Crippen LogP contribution in [0.5, 0.6) is 0 Å². The third-order valence-electron chi connectivity index (χ3n) is 3.90. The van der Waals surface area contributed by atoms with E-state index in [1.807, 2.05) is 0 Å². The van der Waals surface area contributed by atoms with Crippen molar-refractivity contribution in [1.29, 1.82) is 0 Å². The van der Waals surface area contributed by atoms with Crippen LogP contribution < -0.4 is 5.32 Å². The maximum absolute atomic E-state index is 12.4. The molecule has 0 bridgehead atoms. The maximum Gasteiger partial charge on any atom is 0.261 e. The van der Waals surface area contributed by atoms with Crippen LogP contribution >= 0.6 is 11.3 Å². The molecule has 0 aliphatic rings. The number of thiophene rings is 1. The lowest BCUT2D eigenvalue weighted by Crippen LogP contribution is -2.30. The van der Waals surface area contributed by atoms with E-state index in [1.54, 1.807) is 50.2 Å². The van der Waals surface area contributed by atoms with Crippen LogP contribution in [0, 0.1) is 0 Å². The number of nitrogens with one attached hydrogen (secondary N) is 1. The van der Waals surface area contributed by atoms with Crippen molar-refractivity contribution in [3.8, 4) is 0 Å². The van der Waals surface area contributed by atoms with Gasteiger partial charge in [0.1, 0.15) is 0 Å². The topological polar surface area (TPSA) is 83.6 Å². The molecular formula is C18H22N2O4S2. The lowest BCUT2D eigenvalue weighted by Gasteiger charge is -2.18. The maximum atomic E-state index is 12.4. The number of rotatable bonds is 8. The summed E-state index contributed by atoms with van der Waals surface area (Å²) in [6.07, 6.45) is 0. The molecule has 2 aromatic rings. The normalized spacial score (nSPS) is 11.5. The zero-order valence-corrected chi connectivity index (χ0v) is 16.6. The van der Waals surface area contributed by atoms with Crippen LogP contribution in [-0.2, 0) is 16.6 Å². The molecule has 1 amide bonds. The summed E-state index contributed by atoms with van der Waals surface area (Å²) in [6, 6.07) is 9.73. The van der Waals surface area contributed by atoms with E-state index >= 15 is 0 Å². The second-order valence-electron chi connectivity index (χ2n) is 5.64. The quantitative estimate of drug-likeness (QED) is 0.698. The summed E-state index contributed by atoms with van der Waals surface area (Å²) >= 11 is 1.15. The van der Waals surface area contributed by atoms with Crippen molar-refractivity contribution in [3.05, 3.63) is 51.7 Å². The van der Waals surface area contributed by atoms with E-state index in [2.05, 4.69) is 5.32 Å². The van der Waals surface area contributed by atoms with E-state index in [4.69, 9.17) is 0 Å². The van der Waals surface area contributed by atoms with Crippen LogP contribution in [0.25, 0.3) is 0 Å². The fourth-order valence-electron chi connectivity index (χ4n) is 2.41. The van der Waals surface area contributed by atoms with Crippen LogP contribution in [0.15, 0.2) is 41.3 Å². The van der Waals surface area contributed by atoms with Gasteiger partial charge in [-0.15, -0.1) is 11.3 Å². The number of benzene rings is 1. The summed E-state index contributed by atoms with van der Waals surface area (Å²) in [5.74, 6) is -0.332. The molecule has 6 nitrogen and oxygen atoms in total. The van der Waals surface area contributed by atoms with Crippen molar-refractivity contribution >= 4 is 33.1 Å². The standard InChI is InChI=1S/C18H22N2O4S2/c1-4-20(5-2)26(23,24)15-8-6-14(7-9-15)12-19-18(22)17-11-10-16(25-17)13(3)21/h6-11H,4-5,12H2,1-3H3,(H,19,22). The van der Waals surface area contributed by atoms with Crippen LogP contribution in [0.4, 0.5) is 0 Å². The van der Waals surface area contributed by atoms with Gasteiger partial charge in [-0.1, -0.05) is 26.0 Å². The molecule has 0 aliphatic heterocycles. The van der Waals surface area contributed by atoms with Gasteiger partial charge in [-0.3, -0.25) is 9.59 Å². The lowest BCUT2D eigenvalue weighted by molar-refractivity contribution is 0.0954. The third kappa shape index (κ3) is 4.57. The third-order valence-corrected chi connectivity index (χ3v) is 7.15. The average molecular weight is 395 g/mol. The highest BCUT2D eigenvalue weighted by molar-refractivity contribution is 7.89. The highest BCUT2D eigenvalue weighted by Gasteiger charge is 2.21. The molecule has 8 heteroatoms. The molecule has 1 heterocycles. The average Bonchev–Trinajstić information content (AvgIpc) is 3.11. The van der Waals surface area contributed by atoms with Gasteiger partial charge in [0, 0.05) is 19.6 Å². The molecular weight excluding hydrogens is 372 g/mol. The minimum atomic E-state index is -3.48. The van der Waals surface area contributed by atoms with Gasteiger partial charge in [0.2, 0.25) is 10.0 Å². The zero-order valence-electron chi connectivity index (χ0n) is 15.0. The highest BCUT2D eigenvalue weighted by Crippen LogP contribution is 2.18. The number of ketones is 1. The molecule has 0 saturated carbocycles. The van der Waals surface area contributed by atoms with Crippen molar-refractivity contribution in [2.45, 2.75) is 32.2 Å². The molecule has 0 aliphatic carbocycles. The second-order valence-corrected chi connectivity index (χ2v) is 8.66. The van der Waals surface area contributed by atoms with Crippen LogP contribution in [0.3, 0.4) is 0 Å². The summed E-state index contributed by atoms with van der Waals surface area (Å²) in [5.41, 5.74) is 0.792. The molecule has 26 heavy (non-hydrogen) atoms. The molecule has 2 rings (SSSR count). The number of carbonyl (C=O) groups is 2. The van der Waals surface area contributed by atoms with Crippen molar-refractivity contribution in [1.82, 2.24) is 9.62 Å². The SMILES string of the molecule is CCN(CC)S(=O)(=O)c1ccc(CNC(=O)c2ccc(C(C)=O)s2)cc1. The minimum absolute atomic E-state index is 0.0703. The summed E-state index contributed by atoms with van der Waals surface area (Å²) in [7, 11) is -3.48. The Bertz CT molecular complexity index is 882. The Morgan fingerprint density at radius 2 is 1.58 bits per heavy atom. The number of carbonyl (C=O) groups excluding carboxylic acids is 2. The van der Waals surface area contributed by atoms with Gasteiger partial charge in [-0.05, 0) is 36.8 Å². The summed E-state index contributed by atoms with van der Waals surface area (Å²) < 4.78 is 26.3. The Morgan fingerprint density at radius 1 is 1.00 bits per heavy atom. The van der Waals surface area contributed by atoms with Gasteiger partial charge < -0.3 is 5.32 Å². The van der Waals surface area contributed by atoms with Gasteiger partial charge in [-0.2, -0.15) is 4.31 Å². The Labute approximate surface area is 157 Å². The first-order valence-electron chi connectivity index (χ1n) is 8.27. The second kappa shape index (κ2) is 8.57. The Balaban J connectivity index is 2.03. The van der Waals surface area contributed by atoms with E-state index in [-0.39, 0.29) is 23.1 Å². The smallest absolute Gasteiger partial charge is 0.261 e. The summed E-state index contributed by atoms with van der Waals surface area (Å²) in [5, 5.41) is 2.77. The predicted octanol–water partition coefficient (Wildman–Crippen LogP) is 2.91. The van der Waals surface area contributed by atoms with Crippen molar-refractivity contribution in [3.63, 3.8) is 0 Å². The molecule has 0 atom stereocenters. The van der Waals surface area contributed by atoms with Crippen LogP contribution in [-0.4, -0.2) is 37.5 Å². The lowest BCUT2D eigenvalue weighted by atomic mass is 10.2. The van der Waals surface area contributed by atoms with E-state index < -0.39 is 10.0 Å². The van der Waals surface area contributed by atoms with Gasteiger partial charge in [0.05, 0.1) is 14.6 Å². The number of sulfonamides is 1. The van der Waals surface area contributed by atoms with Crippen LogP contribution in [0.2, 0.25) is 0 Å². The molecule has 0 unspecified atom stereocenters. The van der Waals surface area contributed by atoms with Crippen molar-refractivity contribution in [2.24, 2.45) is 0 Å². The van der Waals surface area contributed by atoms with Crippen molar-refractivity contribution < 1.29 is 18.0 Å². The molecule has 1 N–H and O–H groups in total. The van der Waals surface area contributed by atoms with Gasteiger partial charge in [-0.25, -0.2) is 8.42 Å². The fourth-order valence-corrected chi connectivity index (χ4v) is 4.69. The number of nitrogens with zero attached hydrogens (tertiary/aromatic N) is 1.